The van der Waals surface area contributed by atoms with Crippen LogP contribution in [-0.4, -0.2) is 28.3 Å². The van der Waals surface area contributed by atoms with E-state index in [1.54, 1.807) is 30.3 Å². The number of carboxylic acids is 1. The number of benzene rings is 3. The summed E-state index contributed by atoms with van der Waals surface area (Å²) in [6.07, 6.45) is 0.255. The number of carbonyl (C=O) groups is 1. The lowest BCUT2D eigenvalue weighted by atomic mass is 10.0. The Morgan fingerprint density at radius 2 is 1.58 bits per heavy atom. The van der Waals surface area contributed by atoms with Crippen molar-refractivity contribution in [2.75, 3.05) is 12.3 Å². The van der Waals surface area contributed by atoms with Gasteiger partial charge in [0.2, 0.25) is 7.37 Å². The summed E-state index contributed by atoms with van der Waals surface area (Å²) in [6, 6.07) is 22.4. The van der Waals surface area contributed by atoms with Crippen molar-refractivity contribution in [2.24, 2.45) is 0 Å². The molecule has 3 aromatic carbocycles. The van der Waals surface area contributed by atoms with Gasteiger partial charge >= 0.3 is 5.97 Å². The third kappa shape index (κ3) is 4.40. The second-order valence-corrected chi connectivity index (χ2v) is 8.95. The molecule has 0 saturated heterocycles. The van der Waals surface area contributed by atoms with Crippen LogP contribution in [-0.2, 0) is 15.8 Å². The lowest BCUT2D eigenvalue weighted by Crippen LogP contribution is -2.17. The Hall–Kier alpha value is -2.42. The van der Waals surface area contributed by atoms with Gasteiger partial charge < -0.3 is 10.00 Å². The van der Waals surface area contributed by atoms with E-state index in [1.165, 1.54) is 0 Å². The summed E-state index contributed by atoms with van der Waals surface area (Å²) in [4.78, 5) is 22.0. The van der Waals surface area contributed by atoms with Crippen LogP contribution in [0.4, 0.5) is 0 Å². The lowest BCUT2D eigenvalue weighted by molar-refractivity contribution is -0.138. The number of hydrogen-bond acceptors (Lipinski definition) is 2. The molecule has 0 heterocycles. The molecule has 0 bridgehead atoms. The highest BCUT2D eigenvalue weighted by atomic mass is 31.2. The zero-order valence-corrected chi connectivity index (χ0v) is 15.2. The van der Waals surface area contributed by atoms with Gasteiger partial charge in [-0.15, -0.1) is 0 Å². The van der Waals surface area contributed by atoms with Crippen molar-refractivity contribution < 1.29 is 19.4 Å². The lowest BCUT2D eigenvalue weighted by Gasteiger charge is -2.18. The van der Waals surface area contributed by atoms with Crippen LogP contribution in [0.1, 0.15) is 17.0 Å². The first-order valence-corrected chi connectivity index (χ1v) is 10.5. The maximum absolute atomic E-state index is 12.7. The Morgan fingerprint density at radius 3 is 2.31 bits per heavy atom. The fraction of sp³-hybridized carbons (Fsp3) is 0.190. The number of hydrogen-bond donors (Lipinski definition) is 2. The molecule has 0 aliphatic rings. The van der Waals surface area contributed by atoms with Gasteiger partial charge in [0.1, 0.15) is 0 Å². The predicted molar refractivity (Wildman–Crippen MR) is 104 cm³/mol. The molecule has 3 aromatic rings. The molecule has 0 amide bonds. The van der Waals surface area contributed by atoms with Crippen LogP contribution in [0.3, 0.4) is 0 Å². The van der Waals surface area contributed by atoms with E-state index in [1.807, 2.05) is 42.5 Å². The standard InChI is InChI=1S/C21H21O4P/c22-21(23)20(17-7-2-1-3-8-17)15-26(24,25)14-13-18-11-6-10-16-9-4-5-12-19(16)18/h1-12,20H,13-15H2,(H,22,23)(H,24,25). The van der Waals surface area contributed by atoms with Gasteiger partial charge in [-0.1, -0.05) is 72.8 Å². The van der Waals surface area contributed by atoms with E-state index in [9.17, 15) is 19.4 Å². The minimum atomic E-state index is -3.59. The highest BCUT2D eigenvalue weighted by molar-refractivity contribution is 7.58. The van der Waals surface area contributed by atoms with Gasteiger partial charge in [-0.2, -0.15) is 0 Å². The van der Waals surface area contributed by atoms with E-state index in [4.69, 9.17) is 0 Å². The highest BCUT2D eigenvalue weighted by Crippen LogP contribution is 2.45. The molecule has 4 nitrogen and oxygen atoms in total. The van der Waals surface area contributed by atoms with Gasteiger partial charge in [0.15, 0.2) is 0 Å². The third-order valence-electron chi connectivity index (χ3n) is 4.58. The van der Waals surface area contributed by atoms with Crippen LogP contribution >= 0.6 is 7.37 Å². The van der Waals surface area contributed by atoms with Gasteiger partial charge in [-0.05, 0) is 28.3 Å². The van der Waals surface area contributed by atoms with E-state index in [2.05, 4.69) is 0 Å². The van der Waals surface area contributed by atoms with Crippen molar-refractivity contribution in [2.45, 2.75) is 12.3 Å². The highest BCUT2D eigenvalue weighted by Gasteiger charge is 2.30. The molecule has 2 atom stereocenters. The van der Waals surface area contributed by atoms with Crippen molar-refractivity contribution in [3.63, 3.8) is 0 Å². The van der Waals surface area contributed by atoms with Crippen LogP contribution < -0.4 is 0 Å². The van der Waals surface area contributed by atoms with Crippen LogP contribution in [0.15, 0.2) is 72.8 Å². The smallest absolute Gasteiger partial charge is 0.311 e. The van der Waals surface area contributed by atoms with Crippen LogP contribution in [0.2, 0.25) is 0 Å². The second kappa shape index (κ2) is 7.86. The van der Waals surface area contributed by atoms with Crippen LogP contribution in [0.5, 0.6) is 0 Å². The van der Waals surface area contributed by atoms with Gasteiger partial charge in [0.25, 0.3) is 0 Å². The minimum absolute atomic E-state index is 0.0671. The number of carboxylic acid groups (broad SMARTS) is 1. The minimum Gasteiger partial charge on any atom is -0.481 e. The van der Waals surface area contributed by atoms with Gasteiger partial charge in [-0.3, -0.25) is 9.36 Å². The molecular weight excluding hydrogens is 347 g/mol. The number of aliphatic carboxylic acids is 1. The third-order valence-corrected chi connectivity index (χ3v) is 6.44. The summed E-state index contributed by atoms with van der Waals surface area (Å²) in [5, 5.41) is 11.6. The molecule has 0 aliphatic heterocycles. The molecule has 3 rings (SSSR count). The maximum atomic E-state index is 12.7. The van der Waals surface area contributed by atoms with E-state index >= 15 is 0 Å². The Labute approximate surface area is 152 Å². The molecule has 0 saturated carbocycles. The molecule has 0 aliphatic carbocycles. The molecule has 5 heteroatoms. The zero-order chi connectivity index (χ0) is 18.6. The molecule has 26 heavy (non-hydrogen) atoms. The SMILES string of the molecule is O=C(O)C(CP(=O)(O)CCc1cccc2ccccc12)c1ccccc1. The number of fused-ring (bicyclic) bond motifs is 1. The summed E-state index contributed by atoms with van der Waals surface area (Å²) in [6.45, 7) is 0. The normalized spacial score (nSPS) is 14.7. The summed E-state index contributed by atoms with van der Waals surface area (Å²) in [5.74, 6) is -2.05. The topological polar surface area (TPSA) is 74.6 Å². The average molecular weight is 368 g/mol. The molecule has 134 valence electrons. The Balaban J connectivity index is 1.76. The summed E-state index contributed by atoms with van der Waals surface area (Å²) in [7, 11) is -3.59. The number of aryl methyl sites for hydroxylation is 1. The summed E-state index contributed by atoms with van der Waals surface area (Å²) >= 11 is 0. The average Bonchev–Trinajstić information content (AvgIpc) is 2.65. The van der Waals surface area contributed by atoms with Gasteiger partial charge in [0, 0.05) is 12.3 Å². The quantitative estimate of drug-likeness (QED) is 0.601. The van der Waals surface area contributed by atoms with E-state index in [0.29, 0.717) is 12.0 Å². The summed E-state index contributed by atoms with van der Waals surface area (Å²) in [5.41, 5.74) is 1.56. The Kier molecular flexibility index (Phi) is 5.55. The van der Waals surface area contributed by atoms with Gasteiger partial charge in [0.05, 0.1) is 5.92 Å². The second-order valence-electron chi connectivity index (χ2n) is 6.44. The monoisotopic (exact) mass is 368 g/mol. The van der Waals surface area contributed by atoms with Crippen LogP contribution in [0.25, 0.3) is 10.8 Å². The van der Waals surface area contributed by atoms with E-state index < -0.39 is 19.3 Å². The first-order valence-electron chi connectivity index (χ1n) is 8.51. The first-order chi connectivity index (χ1) is 12.5. The van der Waals surface area contributed by atoms with Gasteiger partial charge in [-0.25, -0.2) is 0 Å². The summed E-state index contributed by atoms with van der Waals surface area (Å²) < 4.78 is 12.7. The Bertz CT molecular complexity index is 947. The maximum Gasteiger partial charge on any atom is 0.311 e. The van der Waals surface area contributed by atoms with Crippen molar-refractivity contribution in [3.8, 4) is 0 Å². The van der Waals surface area contributed by atoms with E-state index in [-0.39, 0.29) is 12.3 Å². The predicted octanol–water partition coefficient (Wildman–Crippen LogP) is 4.52. The van der Waals surface area contributed by atoms with Crippen molar-refractivity contribution >= 4 is 24.1 Å². The van der Waals surface area contributed by atoms with Crippen molar-refractivity contribution in [1.29, 1.82) is 0 Å². The molecule has 0 aromatic heterocycles. The fourth-order valence-electron chi connectivity index (χ4n) is 3.19. The molecule has 0 fully saturated rings. The fourth-order valence-corrected chi connectivity index (χ4v) is 4.90. The molecular formula is C21H21O4P. The van der Waals surface area contributed by atoms with Crippen molar-refractivity contribution in [3.05, 3.63) is 83.9 Å². The zero-order valence-electron chi connectivity index (χ0n) is 14.3. The molecule has 2 unspecified atom stereocenters. The Morgan fingerprint density at radius 1 is 0.923 bits per heavy atom. The molecule has 2 N–H and O–H groups in total. The molecule has 0 spiro atoms. The number of rotatable bonds is 7. The first kappa shape index (κ1) is 18.4. The largest absolute Gasteiger partial charge is 0.481 e. The van der Waals surface area contributed by atoms with Crippen LogP contribution in [0, 0.1) is 0 Å². The van der Waals surface area contributed by atoms with E-state index in [0.717, 1.165) is 16.3 Å². The van der Waals surface area contributed by atoms with Crippen molar-refractivity contribution in [1.82, 2.24) is 0 Å². The molecule has 0 radical (unpaired) electrons.